The molecule has 158 valence electrons. The van der Waals surface area contributed by atoms with Crippen LogP contribution in [0.2, 0.25) is 0 Å². The van der Waals surface area contributed by atoms with Gasteiger partial charge < -0.3 is 24.8 Å². The summed E-state index contributed by atoms with van der Waals surface area (Å²) < 4.78 is 16.8. The van der Waals surface area contributed by atoms with Crippen LogP contribution in [-0.2, 0) is 17.9 Å². The van der Waals surface area contributed by atoms with Crippen molar-refractivity contribution in [1.29, 1.82) is 0 Å². The third-order valence-electron chi connectivity index (χ3n) is 4.34. The minimum Gasteiger partial charge on any atom is -0.493 e. The van der Waals surface area contributed by atoms with Gasteiger partial charge >= 0.3 is 0 Å². The number of hydrogen-bond donors (Lipinski definition) is 2. The number of nitrogens with one attached hydrogen (secondary N) is 2. The molecule has 2 rings (SSSR count). The van der Waals surface area contributed by atoms with Crippen molar-refractivity contribution < 1.29 is 14.2 Å². The summed E-state index contributed by atoms with van der Waals surface area (Å²) in [6.45, 7) is 7.47. The SMILES string of the molecule is CCOc1ccc(CNC(=NC)NCC(C)COCc2ccccc2)cc1OC. The van der Waals surface area contributed by atoms with E-state index in [1.807, 2.05) is 43.3 Å². The van der Waals surface area contributed by atoms with Crippen LogP contribution in [-0.4, -0.2) is 39.9 Å². The number of rotatable bonds is 11. The molecule has 2 aromatic rings. The summed E-state index contributed by atoms with van der Waals surface area (Å²) in [7, 11) is 3.42. The normalized spacial score (nSPS) is 12.3. The Morgan fingerprint density at radius 3 is 2.52 bits per heavy atom. The maximum atomic E-state index is 5.81. The lowest BCUT2D eigenvalue weighted by Crippen LogP contribution is -2.39. The van der Waals surface area contributed by atoms with E-state index in [4.69, 9.17) is 14.2 Å². The van der Waals surface area contributed by atoms with Crippen molar-refractivity contribution in [1.82, 2.24) is 10.6 Å². The smallest absolute Gasteiger partial charge is 0.191 e. The summed E-state index contributed by atoms with van der Waals surface area (Å²) in [5.41, 5.74) is 2.28. The summed E-state index contributed by atoms with van der Waals surface area (Å²) in [4.78, 5) is 4.29. The molecule has 29 heavy (non-hydrogen) atoms. The van der Waals surface area contributed by atoms with Crippen molar-refractivity contribution in [2.45, 2.75) is 27.0 Å². The molecule has 1 atom stereocenters. The minimum absolute atomic E-state index is 0.364. The number of guanidine groups is 1. The van der Waals surface area contributed by atoms with Crippen molar-refractivity contribution >= 4 is 5.96 Å². The van der Waals surface area contributed by atoms with Gasteiger partial charge in [0.2, 0.25) is 0 Å². The molecule has 0 aliphatic rings. The number of nitrogens with zero attached hydrogens (tertiary/aromatic N) is 1. The summed E-state index contributed by atoms with van der Waals surface area (Å²) in [6, 6.07) is 16.1. The van der Waals surface area contributed by atoms with Crippen LogP contribution in [0.25, 0.3) is 0 Å². The van der Waals surface area contributed by atoms with Gasteiger partial charge in [0.25, 0.3) is 0 Å². The fourth-order valence-electron chi connectivity index (χ4n) is 2.79. The van der Waals surface area contributed by atoms with E-state index >= 15 is 0 Å². The first-order valence-electron chi connectivity index (χ1n) is 10.0. The molecule has 1 unspecified atom stereocenters. The number of benzene rings is 2. The van der Waals surface area contributed by atoms with E-state index in [1.54, 1.807) is 14.2 Å². The van der Waals surface area contributed by atoms with Crippen LogP contribution >= 0.6 is 0 Å². The molecule has 6 heteroatoms. The third-order valence-corrected chi connectivity index (χ3v) is 4.34. The molecule has 0 saturated heterocycles. The molecular weight excluding hydrogens is 366 g/mol. The number of aliphatic imine (C=N–C) groups is 1. The molecule has 0 heterocycles. The molecule has 0 amide bonds. The molecule has 6 nitrogen and oxygen atoms in total. The third kappa shape index (κ3) is 8.03. The van der Waals surface area contributed by atoms with Crippen molar-refractivity contribution in [2.24, 2.45) is 10.9 Å². The lowest BCUT2D eigenvalue weighted by molar-refractivity contribution is 0.0931. The molecule has 2 aromatic carbocycles. The van der Waals surface area contributed by atoms with E-state index in [-0.39, 0.29) is 0 Å². The highest BCUT2D eigenvalue weighted by molar-refractivity contribution is 5.79. The van der Waals surface area contributed by atoms with Crippen LogP contribution in [0.3, 0.4) is 0 Å². The molecule has 0 fully saturated rings. The van der Waals surface area contributed by atoms with Crippen molar-refractivity contribution in [2.75, 3.05) is 33.9 Å². The minimum atomic E-state index is 0.364. The maximum Gasteiger partial charge on any atom is 0.191 e. The zero-order valence-electron chi connectivity index (χ0n) is 17.9. The predicted molar refractivity (Wildman–Crippen MR) is 118 cm³/mol. The molecule has 2 N–H and O–H groups in total. The second kappa shape index (κ2) is 12.7. The predicted octanol–water partition coefficient (Wildman–Crippen LogP) is 3.61. The lowest BCUT2D eigenvalue weighted by atomic mass is 10.2. The first-order valence-corrected chi connectivity index (χ1v) is 10.0. The molecule has 0 aliphatic heterocycles. The van der Waals surface area contributed by atoms with E-state index in [0.29, 0.717) is 32.3 Å². The van der Waals surface area contributed by atoms with Gasteiger partial charge in [-0.3, -0.25) is 4.99 Å². The van der Waals surface area contributed by atoms with Crippen LogP contribution in [0.5, 0.6) is 11.5 Å². The zero-order chi connectivity index (χ0) is 20.9. The van der Waals surface area contributed by atoms with Crippen molar-refractivity contribution in [3.8, 4) is 11.5 Å². The average molecular weight is 400 g/mol. The standard InChI is InChI=1S/C23H33N3O3/c1-5-29-21-12-11-20(13-22(21)27-4)15-26-23(24-3)25-14-18(2)16-28-17-19-9-7-6-8-10-19/h6-13,18H,5,14-17H2,1-4H3,(H2,24,25,26). The molecule has 0 aromatic heterocycles. The number of methoxy groups -OCH3 is 1. The summed E-state index contributed by atoms with van der Waals surface area (Å²) in [5.74, 6) is 2.61. The van der Waals surface area contributed by atoms with Gasteiger partial charge in [0.05, 0.1) is 26.9 Å². The molecule has 0 bridgehead atoms. The Labute approximate surface area is 174 Å². The van der Waals surface area contributed by atoms with Gasteiger partial charge in [-0.05, 0) is 36.1 Å². The van der Waals surface area contributed by atoms with Crippen LogP contribution < -0.4 is 20.1 Å². The summed E-state index contributed by atoms with van der Waals surface area (Å²) in [6.07, 6.45) is 0. The van der Waals surface area contributed by atoms with Gasteiger partial charge in [-0.15, -0.1) is 0 Å². The Balaban J connectivity index is 1.73. The highest BCUT2D eigenvalue weighted by atomic mass is 16.5. The average Bonchev–Trinajstić information content (AvgIpc) is 2.75. The molecular formula is C23H33N3O3. The fourth-order valence-corrected chi connectivity index (χ4v) is 2.79. The van der Waals surface area contributed by atoms with Gasteiger partial charge in [-0.25, -0.2) is 0 Å². The van der Waals surface area contributed by atoms with E-state index in [1.165, 1.54) is 5.56 Å². The van der Waals surface area contributed by atoms with Crippen LogP contribution in [0.4, 0.5) is 0 Å². The Hall–Kier alpha value is -2.73. The Bertz CT molecular complexity index is 750. The van der Waals surface area contributed by atoms with Gasteiger partial charge in [0.1, 0.15) is 0 Å². The number of hydrogen-bond acceptors (Lipinski definition) is 4. The second-order valence-corrected chi connectivity index (χ2v) is 6.83. The lowest BCUT2D eigenvalue weighted by Gasteiger charge is -2.17. The van der Waals surface area contributed by atoms with Crippen LogP contribution in [0, 0.1) is 5.92 Å². The van der Waals surface area contributed by atoms with Gasteiger partial charge in [0.15, 0.2) is 17.5 Å². The van der Waals surface area contributed by atoms with Gasteiger partial charge in [0, 0.05) is 20.1 Å². The van der Waals surface area contributed by atoms with E-state index in [2.05, 4.69) is 34.7 Å². The van der Waals surface area contributed by atoms with Gasteiger partial charge in [-0.1, -0.05) is 43.3 Å². The van der Waals surface area contributed by atoms with Crippen LogP contribution in [0.1, 0.15) is 25.0 Å². The Morgan fingerprint density at radius 1 is 1.03 bits per heavy atom. The summed E-state index contributed by atoms with van der Waals surface area (Å²) in [5, 5.41) is 6.68. The van der Waals surface area contributed by atoms with Crippen molar-refractivity contribution in [3.63, 3.8) is 0 Å². The maximum absolute atomic E-state index is 5.81. The monoisotopic (exact) mass is 399 g/mol. The zero-order valence-corrected chi connectivity index (χ0v) is 17.9. The quantitative estimate of drug-likeness (QED) is 0.446. The van der Waals surface area contributed by atoms with E-state index in [0.717, 1.165) is 29.6 Å². The van der Waals surface area contributed by atoms with Gasteiger partial charge in [-0.2, -0.15) is 0 Å². The first kappa shape index (κ1) is 22.6. The molecule has 0 saturated carbocycles. The Kier molecular flexibility index (Phi) is 9.86. The fraction of sp³-hybridized carbons (Fsp3) is 0.435. The number of ether oxygens (including phenoxy) is 3. The highest BCUT2D eigenvalue weighted by Gasteiger charge is 2.07. The molecule has 0 spiro atoms. The van der Waals surface area contributed by atoms with Crippen LogP contribution in [0.15, 0.2) is 53.5 Å². The Morgan fingerprint density at radius 2 is 1.83 bits per heavy atom. The highest BCUT2D eigenvalue weighted by Crippen LogP contribution is 2.27. The molecule has 0 aliphatic carbocycles. The van der Waals surface area contributed by atoms with Crippen molar-refractivity contribution in [3.05, 3.63) is 59.7 Å². The summed E-state index contributed by atoms with van der Waals surface area (Å²) >= 11 is 0. The topological polar surface area (TPSA) is 64.1 Å². The first-order chi connectivity index (χ1) is 14.2. The van der Waals surface area contributed by atoms with E-state index < -0.39 is 0 Å². The second-order valence-electron chi connectivity index (χ2n) is 6.83. The van der Waals surface area contributed by atoms with E-state index in [9.17, 15) is 0 Å². The molecule has 0 radical (unpaired) electrons. The largest absolute Gasteiger partial charge is 0.493 e.